The number of unbranched alkanes of at least 4 members (excludes halogenated alkanes) is 3. The van der Waals surface area contributed by atoms with Crippen molar-refractivity contribution in [2.24, 2.45) is 0 Å². The van der Waals surface area contributed by atoms with E-state index < -0.39 is 0 Å². The van der Waals surface area contributed by atoms with Gasteiger partial charge < -0.3 is 0 Å². The molecule has 1 aromatic heterocycles. The van der Waals surface area contributed by atoms with Gasteiger partial charge in [-0.3, -0.25) is 0 Å². The largest absolute Gasteiger partial charge is 0.234 e. The molecule has 1 aromatic rings. The maximum absolute atomic E-state index is 4.21. The number of aryl methyl sites for hydroxylation is 1. The smallest absolute Gasteiger partial charge is 0.107 e. The number of hydrogen-bond acceptors (Lipinski definition) is 1. The van der Waals surface area contributed by atoms with Gasteiger partial charge in [0.05, 0.1) is 0 Å². The standard InChI is InChI=1S/C11H15Br2N/c1-2-3-4-5-6-9-7-10(12)14-11(13)8-9/h7-8H,2-6H2,1H3. The third kappa shape index (κ3) is 4.56. The molecule has 0 unspecified atom stereocenters. The summed E-state index contributed by atoms with van der Waals surface area (Å²) in [6, 6.07) is 4.19. The number of nitrogens with zero attached hydrogens (tertiary/aromatic N) is 1. The van der Waals surface area contributed by atoms with E-state index in [2.05, 4.69) is 55.9 Å². The summed E-state index contributed by atoms with van der Waals surface area (Å²) in [5, 5.41) is 0. The molecule has 0 saturated carbocycles. The second-order valence-corrected chi connectivity index (χ2v) is 5.06. The monoisotopic (exact) mass is 319 g/mol. The predicted octanol–water partition coefficient (Wildman–Crippen LogP) is 4.73. The van der Waals surface area contributed by atoms with E-state index in [1.54, 1.807) is 0 Å². The summed E-state index contributed by atoms with van der Waals surface area (Å²) in [5.74, 6) is 0. The topological polar surface area (TPSA) is 12.9 Å². The highest BCUT2D eigenvalue weighted by atomic mass is 79.9. The first-order chi connectivity index (χ1) is 6.72. The Bertz CT molecular complexity index is 266. The molecule has 1 nitrogen and oxygen atoms in total. The Balaban J connectivity index is 2.42. The molecule has 1 rings (SSSR count). The summed E-state index contributed by atoms with van der Waals surface area (Å²) >= 11 is 6.79. The number of aromatic nitrogens is 1. The molecule has 0 saturated heterocycles. The molecule has 0 fully saturated rings. The van der Waals surface area contributed by atoms with Gasteiger partial charge in [0.1, 0.15) is 9.21 Å². The summed E-state index contributed by atoms with van der Waals surface area (Å²) in [6.45, 7) is 2.24. The normalized spacial score (nSPS) is 10.5. The van der Waals surface area contributed by atoms with Crippen LogP contribution < -0.4 is 0 Å². The van der Waals surface area contributed by atoms with Crippen LogP contribution in [0.2, 0.25) is 0 Å². The highest BCUT2D eigenvalue weighted by Gasteiger charge is 1.98. The molecule has 3 heteroatoms. The third-order valence-electron chi connectivity index (χ3n) is 2.14. The molecule has 1 heterocycles. The molecule has 0 N–H and O–H groups in total. The van der Waals surface area contributed by atoms with E-state index in [9.17, 15) is 0 Å². The Hall–Kier alpha value is 0.110. The van der Waals surface area contributed by atoms with Gasteiger partial charge in [0.25, 0.3) is 0 Å². The van der Waals surface area contributed by atoms with E-state index in [4.69, 9.17) is 0 Å². The summed E-state index contributed by atoms with van der Waals surface area (Å²) < 4.78 is 1.83. The predicted molar refractivity (Wildman–Crippen MR) is 67.5 cm³/mol. The van der Waals surface area contributed by atoms with Crippen LogP contribution in [-0.2, 0) is 6.42 Å². The number of pyridine rings is 1. The minimum absolute atomic E-state index is 0.914. The van der Waals surface area contributed by atoms with E-state index in [1.807, 2.05) is 0 Å². The van der Waals surface area contributed by atoms with Crippen molar-refractivity contribution in [1.29, 1.82) is 0 Å². The lowest BCUT2D eigenvalue weighted by Gasteiger charge is -2.02. The van der Waals surface area contributed by atoms with Crippen molar-refractivity contribution < 1.29 is 0 Å². The Morgan fingerprint density at radius 1 is 1.07 bits per heavy atom. The molecule has 0 radical (unpaired) electrons. The van der Waals surface area contributed by atoms with Gasteiger partial charge in [-0.15, -0.1) is 0 Å². The summed E-state index contributed by atoms with van der Waals surface area (Å²) in [4.78, 5) is 4.21. The molecule has 0 atom stereocenters. The lowest BCUT2D eigenvalue weighted by atomic mass is 10.1. The van der Waals surface area contributed by atoms with Crippen molar-refractivity contribution in [3.63, 3.8) is 0 Å². The molecule has 0 aliphatic carbocycles. The molecule has 0 spiro atoms. The molecule has 0 aliphatic heterocycles. The first-order valence-corrected chi connectivity index (χ1v) is 6.63. The zero-order chi connectivity index (χ0) is 10.4. The number of hydrogen-bond donors (Lipinski definition) is 0. The molecule has 0 amide bonds. The highest BCUT2D eigenvalue weighted by molar-refractivity contribution is 9.11. The molecule has 0 aromatic carbocycles. The lowest BCUT2D eigenvalue weighted by molar-refractivity contribution is 0.666. The Morgan fingerprint density at radius 2 is 1.71 bits per heavy atom. The fourth-order valence-corrected chi connectivity index (χ4v) is 2.62. The average Bonchev–Trinajstić information content (AvgIpc) is 2.11. The molecule has 14 heavy (non-hydrogen) atoms. The van der Waals surface area contributed by atoms with E-state index in [0.717, 1.165) is 15.6 Å². The van der Waals surface area contributed by atoms with Gasteiger partial charge in [-0.25, -0.2) is 4.98 Å². The molecular formula is C11H15Br2N. The SMILES string of the molecule is CCCCCCc1cc(Br)nc(Br)c1. The van der Waals surface area contributed by atoms with Gasteiger partial charge in [0.15, 0.2) is 0 Å². The van der Waals surface area contributed by atoms with E-state index in [0.29, 0.717) is 0 Å². The van der Waals surface area contributed by atoms with Crippen molar-refractivity contribution in [3.8, 4) is 0 Å². The van der Waals surface area contributed by atoms with Crippen LogP contribution in [0.25, 0.3) is 0 Å². The second kappa shape index (κ2) is 6.57. The van der Waals surface area contributed by atoms with Gasteiger partial charge in [0, 0.05) is 0 Å². The van der Waals surface area contributed by atoms with Gasteiger partial charge >= 0.3 is 0 Å². The zero-order valence-electron chi connectivity index (χ0n) is 8.39. The van der Waals surface area contributed by atoms with Crippen LogP contribution in [0.5, 0.6) is 0 Å². The van der Waals surface area contributed by atoms with Gasteiger partial charge in [0.2, 0.25) is 0 Å². The van der Waals surface area contributed by atoms with Crippen LogP contribution >= 0.6 is 31.9 Å². The van der Waals surface area contributed by atoms with Crippen molar-refractivity contribution in [1.82, 2.24) is 4.98 Å². The Kier molecular flexibility index (Phi) is 5.71. The highest BCUT2D eigenvalue weighted by Crippen LogP contribution is 2.17. The molecule has 78 valence electrons. The first-order valence-electron chi connectivity index (χ1n) is 5.04. The van der Waals surface area contributed by atoms with E-state index >= 15 is 0 Å². The third-order valence-corrected chi connectivity index (χ3v) is 2.95. The van der Waals surface area contributed by atoms with Crippen LogP contribution in [-0.4, -0.2) is 4.98 Å². The summed E-state index contributed by atoms with van der Waals surface area (Å²) in [7, 11) is 0. The number of rotatable bonds is 5. The molecule has 0 bridgehead atoms. The van der Waals surface area contributed by atoms with E-state index in [1.165, 1.54) is 31.2 Å². The van der Waals surface area contributed by atoms with Crippen LogP contribution in [0.4, 0.5) is 0 Å². The zero-order valence-corrected chi connectivity index (χ0v) is 11.6. The lowest BCUT2D eigenvalue weighted by Crippen LogP contribution is -1.88. The quantitative estimate of drug-likeness (QED) is 0.564. The summed E-state index contributed by atoms with van der Waals surface area (Å²) in [6.07, 6.45) is 6.39. The van der Waals surface area contributed by atoms with Gasteiger partial charge in [-0.05, 0) is 62.4 Å². The van der Waals surface area contributed by atoms with Crippen molar-refractivity contribution in [2.75, 3.05) is 0 Å². The fourth-order valence-electron chi connectivity index (χ4n) is 1.41. The van der Waals surface area contributed by atoms with Crippen LogP contribution in [0.3, 0.4) is 0 Å². The van der Waals surface area contributed by atoms with Gasteiger partial charge in [-0.2, -0.15) is 0 Å². The second-order valence-electron chi connectivity index (χ2n) is 3.43. The van der Waals surface area contributed by atoms with Crippen LogP contribution in [0.15, 0.2) is 21.3 Å². The minimum atomic E-state index is 0.914. The van der Waals surface area contributed by atoms with Crippen molar-refractivity contribution in [2.45, 2.75) is 39.0 Å². The van der Waals surface area contributed by atoms with Crippen LogP contribution in [0, 0.1) is 0 Å². The Morgan fingerprint density at radius 3 is 2.29 bits per heavy atom. The van der Waals surface area contributed by atoms with Crippen molar-refractivity contribution >= 4 is 31.9 Å². The minimum Gasteiger partial charge on any atom is -0.234 e. The first kappa shape index (κ1) is 12.2. The summed E-state index contributed by atoms with van der Waals surface area (Å²) in [5.41, 5.74) is 1.36. The number of halogens is 2. The molecule has 0 aliphatic rings. The van der Waals surface area contributed by atoms with Crippen molar-refractivity contribution in [3.05, 3.63) is 26.9 Å². The van der Waals surface area contributed by atoms with E-state index in [-0.39, 0.29) is 0 Å². The average molecular weight is 321 g/mol. The fraction of sp³-hybridized carbons (Fsp3) is 0.545. The van der Waals surface area contributed by atoms with Gasteiger partial charge in [-0.1, -0.05) is 26.2 Å². The molecular weight excluding hydrogens is 306 g/mol. The maximum Gasteiger partial charge on any atom is 0.107 e. The maximum atomic E-state index is 4.21. The Labute approximate surface area is 103 Å². The van der Waals surface area contributed by atoms with Crippen LogP contribution in [0.1, 0.15) is 38.2 Å².